The zero-order valence-electron chi connectivity index (χ0n) is 11.3. The lowest BCUT2D eigenvalue weighted by atomic mass is 10.0. The molecule has 0 aliphatic carbocycles. The molecular weight excluding hydrogens is 228 g/mol. The normalized spacial score (nSPS) is 23.7. The summed E-state index contributed by atoms with van der Waals surface area (Å²) in [6.07, 6.45) is 2.96. The molecule has 0 saturated carbocycles. The number of aromatic nitrogens is 2. The highest BCUT2D eigenvalue weighted by atomic mass is 16.3. The van der Waals surface area contributed by atoms with Crippen molar-refractivity contribution in [3.8, 4) is 0 Å². The molecule has 2 heterocycles. The van der Waals surface area contributed by atoms with Gasteiger partial charge in [-0.3, -0.25) is 5.10 Å². The third-order valence-electron chi connectivity index (χ3n) is 3.74. The van der Waals surface area contributed by atoms with Crippen LogP contribution in [-0.2, 0) is 6.42 Å². The van der Waals surface area contributed by atoms with E-state index in [1.807, 2.05) is 6.92 Å². The van der Waals surface area contributed by atoms with Gasteiger partial charge in [0.2, 0.25) is 0 Å². The fraction of sp³-hybridized carbons (Fsp3) is 0.769. The van der Waals surface area contributed by atoms with Gasteiger partial charge in [0.25, 0.3) is 0 Å². The van der Waals surface area contributed by atoms with Gasteiger partial charge in [0, 0.05) is 18.8 Å². The Bertz CT molecular complexity index is 363. The van der Waals surface area contributed by atoms with Gasteiger partial charge in [0.1, 0.15) is 0 Å². The highest BCUT2D eigenvalue weighted by Crippen LogP contribution is 2.13. The molecule has 1 aromatic rings. The molecule has 0 amide bonds. The van der Waals surface area contributed by atoms with Crippen LogP contribution < -0.4 is 10.6 Å². The summed E-state index contributed by atoms with van der Waals surface area (Å²) in [5, 5.41) is 23.9. The van der Waals surface area contributed by atoms with E-state index in [4.69, 9.17) is 0 Å². The molecule has 0 spiro atoms. The van der Waals surface area contributed by atoms with Crippen LogP contribution in [0, 0.1) is 13.8 Å². The molecule has 5 heteroatoms. The molecule has 5 nitrogen and oxygen atoms in total. The first kappa shape index (κ1) is 13.5. The van der Waals surface area contributed by atoms with Gasteiger partial charge >= 0.3 is 0 Å². The lowest BCUT2D eigenvalue weighted by Crippen LogP contribution is -2.42. The maximum Gasteiger partial charge on any atom is 0.0907 e. The van der Waals surface area contributed by atoms with Crippen LogP contribution in [-0.4, -0.2) is 47.1 Å². The van der Waals surface area contributed by atoms with Crippen LogP contribution in [0.1, 0.15) is 29.8 Å². The van der Waals surface area contributed by atoms with Crippen LogP contribution in [0.4, 0.5) is 0 Å². The Kier molecular flexibility index (Phi) is 4.37. The Balaban J connectivity index is 1.64. The number of H-pyrrole nitrogens is 1. The van der Waals surface area contributed by atoms with Gasteiger partial charge in [-0.25, -0.2) is 0 Å². The van der Waals surface area contributed by atoms with Crippen molar-refractivity contribution in [1.29, 1.82) is 0 Å². The fourth-order valence-electron chi connectivity index (χ4n) is 2.54. The average molecular weight is 252 g/mol. The standard InChI is InChI=1S/C13H24N4O/c1-10-12(11(2)17-16-10)4-3-6-14-8-13(18)5-7-15-9-13/h14-15,18H,3-9H2,1-2H3,(H,16,17)/t13-/m0/s1. The number of aliphatic hydroxyl groups is 1. The Labute approximate surface area is 108 Å². The quantitative estimate of drug-likeness (QED) is 0.549. The molecule has 0 aromatic carbocycles. The molecule has 0 unspecified atom stereocenters. The molecule has 4 N–H and O–H groups in total. The maximum absolute atomic E-state index is 10.1. The molecule has 0 bridgehead atoms. The largest absolute Gasteiger partial charge is 0.387 e. The lowest BCUT2D eigenvalue weighted by Gasteiger charge is -2.21. The van der Waals surface area contributed by atoms with E-state index in [0.29, 0.717) is 13.1 Å². The molecule has 1 atom stereocenters. The van der Waals surface area contributed by atoms with E-state index in [1.165, 1.54) is 11.3 Å². The van der Waals surface area contributed by atoms with Crippen molar-refractivity contribution in [2.24, 2.45) is 0 Å². The van der Waals surface area contributed by atoms with Gasteiger partial charge < -0.3 is 15.7 Å². The Morgan fingerprint density at radius 1 is 1.44 bits per heavy atom. The van der Waals surface area contributed by atoms with Gasteiger partial charge in [-0.1, -0.05) is 0 Å². The van der Waals surface area contributed by atoms with Gasteiger partial charge in [0.05, 0.1) is 11.3 Å². The average Bonchev–Trinajstić information content (AvgIpc) is 2.89. The predicted molar refractivity (Wildman–Crippen MR) is 71.7 cm³/mol. The molecular formula is C13H24N4O. The summed E-state index contributed by atoms with van der Waals surface area (Å²) in [7, 11) is 0. The van der Waals surface area contributed by atoms with Crippen molar-refractivity contribution in [2.75, 3.05) is 26.2 Å². The van der Waals surface area contributed by atoms with Crippen molar-refractivity contribution in [1.82, 2.24) is 20.8 Å². The molecule has 102 valence electrons. The van der Waals surface area contributed by atoms with E-state index in [-0.39, 0.29) is 0 Å². The van der Waals surface area contributed by atoms with Gasteiger partial charge in [-0.15, -0.1) is 0 Å². The smallest absolute Gasteiger partial charge is 0.0907 e. The number of hydrogen-bond donors (Lipinski definition) is 4. The molecule has 1 aliphatic heterocycles. The van der Waals surface area contributed by atoms with Crippen molar-refractivity contribution in [3.05, 3.63) is 17.0 Å². The van der Waals surface area contributed by atoms with Crippen LogP contribution in [0.3, 0.4) is 0 Å². The van der Waals surface area contributed by atoms with Crippen LogP contribution >= 0.6 is 0 Å². The van der Waals surface area contributed by atoms with E-state index in [1.54, 1.807) is 0 Å². The molecule has 1 aromatic heterocycles. The SMILES string of the molecule is Cc1n[nH]c(C)c1CCCNC[C@@]1(O)CCNC1. The summed E-state index contributed by atoms with van der Waals surface area (Å²) < 4.78 is 0. The van der Waals surface area contributed by atoms with E-state index in [2.05, 4.69) is 27.8 Å². The summed E-state index contributed by atoms with van der Waals surface area (Å²) >= 11 is 0. The highest BCUT2D eigenvalue weighted by molar-refractivity contribution is 5.23. The zero-order valence-corrected chi connectivity index (χ0v) is 11.3. The number of aryl methyl sites for hydroxylation is 2. The van der Waals surface area contributed by atoms with Crippen LogP contribution in [0.5, 0.6) is 0 Å². The summed E-state index contributed by atoms with van der Waals surface area (Å²) in [6, 6.07) is 0. The number of nitrogens with zero attached hydrogens (tertiary/aromatic N) is 1. The van der Waals surface area contributed by atoms with E-state index >= 15 is 0 Å². The molecule has 1 aliphatic rings. The van der Waals surface area contributed by atoms with Gasteiger partial charge in [0.15, 0.2) is 0 Å². The minimum absolute atomic E-state index is 0.540. The minimum Gasteiger partial charge on any atom is -0.387 e. The molecule has 1 saturated heterocycles. The van der Waals surface area contributed by atoms with Crippen molar-refractivity contribution in [3.63, 3.8) is 0 Å². The molecule has 0 radical (unpaired) electrons. The molecule has 2 rings (SSSR count). The molecule has 1 fully saturated rings. The summed E-state index contributed by atoms with van der Waals surface area (Å²) in [6.45, 7) is 7.36. The lowest BCUT2D eigenvalue weighted by molar-refractivity contribution is 0.0613. The van der Waals surface area contributed by atoms with Gasteiger partial charge in [-0.2, -0.15) is 5.10 Å². The highest BCUT2D eigenvalue weighted by Gasteiger charge is 2.30. The number of aromatic amines is 1. The maximum atomic E-state index is 10.1. The number of β-amino-alcohol motifs (C(OH)–C–C–N with tert-alkyl or cyclic N) is 1. The van der Waals surface area contributed by atoms with Crippen molar-refractivity contribution in [2.45, 2.75) is 38.7 Å². The zero-order chi connectivity index (χ0) is 13.0. The van der Waals surface area contributed by atoms with E-state index in [0.717, 1.165) is 38.0 Å². The summed E-state index contributed by atoms with van der Waals surface area (Å²) in [5.74, 6) is 0. The van der Waals surface area contributed by atoms with E-state index in [9.17, 15) is 5.11 Å². The summed E-state index contributed by atoms with van der Waals surface area (Å²) in [4.78, 5) is 0. The van der Waals surface area contributed by atoms with Crippen molar-refractivity contribution >= 4 is 0 Å². The molecule has 18 heavy (non-hydrogen) atoms. The van der Waals surface area contributed by atoms with Crippen LogP contribution in [0.15, 0.2) is 0 Å². The second kappa shape index (κ2) is 5.82. The second-order valence-electron chi connectivity index (χ2n) is 5.34. The fourth-order valence-corrected chi connectivity index (χ4v) is 2.54. The number of nitrogens with one attached hydrogen (secondary N) is 3. The van der Waals surface area contributed by atoms with Crippen molar-refractivity contribution < 1.29 is 5.11 Å². The Morgan fingerprint density at radius 2 is 2.28 bits per heavy atom. The number of hydrogen-bond acceptors (Lipinski definition) is 4. The third-order valence-corrected chi connectivity index (χ3v) is 3.74. The predicted octanol–water partition coefficient (Wildman–Crippen LogP) is 0.273. The van der Waals surface area contributed by atoms with Crippen LogP contribution in [0.25, 0.3) is 0 Å². The summed E-state index contributed by atoms with van der Waals surface area (Å²) in [5.41, 5.74) is 3.07. The van der Waals surface area contributed by atoms with Crippen LogP contribution in [0.2, 0.25) is 0 Å². The first-order valence-electron chi connectivity index (χ1n) is 6.75. The third kappa shape index (κ3) is 3.31. The second-order valence-corrected chi connectivity index (χ2v) is 5.34. The first-order chi connectivity index (χ1) is 8.61. The monoisotopic (exact) mass is 252 g/mol. The van der Waals surface area contributed by atoms with Gasteiger partial charge in [-0.05, 0) is 51.8 Å². The minimum atomic E-state index is -0.540. The Hall–Kier alpha value is -0.910. The topological polar surface area (TPSA) is 73.0 Å². The van der Waals surface area contributed by atoms with E-state index < -0.39 is 5.60 Å². The number of rotatable bonds is 6. The first-order valence-corrected chi connectivity index (χ1v) is 6.75. The Morgan fingerprint density at radius 3 is 2.89 bits per heavy atom.